The predicted octanol–water partition coefficient (Wildman–Crippen LogP) is 2.37. The Hall–Kier alpha value is -2.25. The van der Waals surface area contributed by atoms with Crippen LogP contribution in [0.1, 0.15) is 37.1 Å². The lowest BCUT2D eigenvalue weighted by Gasteiger charge is -2.42. The number of fused-ring (bicyclic) bond motifs is 1. The Balaban J connectivity index is 1.50. The van der Waals surface area contributed by atoms with Crippen molar-refractivity contribution in [2.75, 3.05) is 26.7 Å². The van der Waals surface area contributed by atoms with Gasteiger partial charge in [-0.15, -0.1) is 0 Å². The molecule has 4 heterocycles. The number of piperidine rings is 1. The second-order valence-corrected chi connectivity index (χ2v) is 7.67. The Morgan fingerprint density at radius 3 is 2.93 bits per heavy atom. The van der Waals surface area contributed by atoms with E-state index in [0.29, 0.717) is 12.0 Å². The Morgan fingerprint density at radius 2 is 2.15 bits per heavy atom. The van der Waals surface area contributed by atoms with Crippen LogP contribution in [0, 0.1) is 5.92 Å². The van der Waals surface area contributed by atoms with Crippen LogP contribution in [0.3, 0.4) is 0 Å². The van der Waals surface area contributed by atoms with Gasteiger partial charge in [0, 0.05) is 50.3 Å². The van der Waals surface area contributed by atoms with E-state index < -0.39 is 0 Å². The second-order valence-electron chi connectivity index (χ2n) is 7.67. The quantitative estimate of drug-likeness (QED) is 0.669. The third-order valence-electron chi connectivity index (χ3n) is 5.70. The number of imidazole rings is 1. The normalized spacial score (nSPS) is 21.3. The van der Waals surface area contributed by atoms with Gasteiger partial charge in [-0.2, -0.15) is 5.10 Å². The molecule has 1 aliphatic heterocycles. The van der Waals surface area contributed by atoms with Crippen molar-refractivity contribution in [2.24, 2.45) is 13.0 Å². The van der Waals surface area contributed by atoms with E-state index in [4.69, 9.17) is 0 Å². The standard InChI is InChI=1S/C20H29N7/c1-4-26-8-5-6-16(20(26)17-10-23-25(3)14-17)13-24(2)15-18-11-22-19-12-21-7-9-27(18)19/h7,9-12,14,16,20H,4-6,8,13,15H2,1-3H3/t16-,20+/m0/s1. The topological polar surface area (TPSA) is 54.5 Å². The SMILES string of the molecule is CCN1CCC[C@@H](CN(C)Cc2cnc3cnccn23)[C@@H]1c1cnn(C)c1. The minimum atomic E-state index is 0.450. The third-order valence-corrected chi connectivity index (χ3v) is 5.70. The maximum atomic E-state index is 4.46. The molecular weight excluding hydrogens is 338 g/mol. The summed E-state index contributed by atoms with van der Waals surface area (Å²) in [6.45, 7) is 6.47. The van der Waals surface area contributed by atoms with Crippen LogP contribution >= 0.6 is 0 Å². The molecule has 7 nitrogen and oxygen atoms in total. The van der Waals surface area contributed by atoms with Gasteiger partial charge >= 0.3 is 0 Å². The van der Waals surface area contributed by atoms with E-state index in [9.17, 15) is 0 Å². The van der Waals surface area contributed by atoms with E-state index in [1.54, 1.807) is 0 Å². The summed E-state index contributed by atoms with van der Waals surface area (Å²) in [6, 6.07) is 0.450. The number of hydrogen-bond donors (Lipinski definition) is 0. The van der Waals surface area contributed by atoms with Gasteiger partial charge in [-0.3, -0.25) is 19.0 Å². The number of hydrogen-bond acceptors (Lipinski definition) is 5. The lowest BCUT2D eigenvalue weighted by atomic mass is 9.85. The molecule has 144 valence electrons. The first-order valence-corrected chi connectivity index (χ1v) is 9.82. The molecule has 0 amide bonds. The van der Waals surface area contributed by atoms with Crippen LogP contribution in [-0.2, 0) is 13.6 Å². The maximum absolute atomic E-state index is 4.46. The summed E-state index contributed by atoms with van der Waals surface area (Å²) in [5.74, 6) is 0.605. The molecule has 0 saturated carbocycles. The highest BCUT2D eigenvalue weighted by molar-refractivity contribution is 5.36. The summed E-state index contributed by atoms with van der Waals surface area (Å²) < 4.78 is 4.05. The molecule has 0 bridgehead atoms. The van der Waals surface area contributed by atoms with Gasteiger partial charge in [0.15, 0.2) is 5.65 Å². The molecule has 1 aliphatic rings. The summed E-state index contributed by atoms with van der Waals surface area (Å²) in [5.41, 5.74) is 3.46. The van der Waals surface area contributed by atoms with Crippen molar-refractivity contribution in [3.63, 3.8) is 0 Å². The van der Waals surface area contributed by atoms with Gasteiger partial charge in [-0.25, -0.2) is 4.98 Å². The van der Waals surface area contributed by atoms with Crippen molar-refractivity contribution in [3.8, 4) is 0 Å². The van der Waals surface area contributed by atoms with E-state index in [1.807, 2.05) is 42.7 Å². The van der Waals surface area contributed by atoms with E-state index >= 15 is 0 Å². The Labute approximate surface area is 160 Å². The monoisotopic (exact) mass is 367 g/mol. The van der Waals surface area contributed by atoms with Gasteiger partial charge < -0.3 is 4.90 Å². The van der Waals surface area contributed by atoms with Crippen LogP contribution in [0.15, 0.2) is 37.2 Å². The first-order chi connectivity index (χ1) is 13.2. The molecule has 0 spiro atoms. The largest absolute Gasteiger partial charge is 0.300 e. The second kappa shape index (κ2) is 7.78. The number of aryl methyl sites for hydroxylation is 1. The fraction of sp³-hybridized carbons (Fsp3) is 0.550. The minimum absolute atomic E-state index is 0.450. The third kappa shape index (κ3) is 3.75. The molecule has 2 atom stereocenters. The van der Waals surface area contributed by atoms with Gasteiger partial charge in [0.2, 0.25) is 0 Å². The summed E-state index contributed by atoms with van der Waals surface area (Å²) in [4.78, 5) is 13.7. The van der Waals surface area contributed by atoms with Crippen LogP contribution < -0.4 is 0 Å². The van der Waals surface area contributed by atoms with Crippen LogP contribution in [0.25, 0.3) is 5.65 Å². The lowest BCUT2D eigenvalue weighted by Crippen LogP contribution is -2.42. The molecule has 3 aromatic rings. The molecular formula is C20H29N7. The van der Waals surface area contributed by atoms with Gasteiger partial charge in [0.05, 0.1) is 24.3 Å². The van der Waals surface area contributed by atoms with E-state index in [-0.39, 0.29) is 0 Å². The van der Waals surface area contributed by atoms with Crippen molar-refractivity contribution in [2.45, 2.75) is 32.4 Å². The molecule has 3 aromatic heterocycles. The molecule has 0 N–H and O–H groups in total. The molecule has 7 heteroatoms. The molecule has 1 saturated heterocycles. The van der Waals surface area contributed by atoms with Gasteiger partial charge in [0.25, 0.3) is 0 Å². The van der Waals surface area contributed by atoms with Crippen molar-refractivity contribution < 1.29 is 0 Å². The van der Waals surface area contributed by atoms with Crippen LogP contribution in [0.2, 0.25) is 0 Å². The summed E-state index contributed by atoms with van der Waals surface area (Å²) in [7, 11) is 4.22. The smallest absolute Gasteiger partial charge is 0.155 e. The summed E-state index contributed by atoms with van der Waals surface area (Å²) in [5, 5.41) is 4.43. The first kappa shape index (κ1) is 18.1. The average Bonchev–Trinajstić information content (AvgIpc) is 3.28. The number of likely N-dealkylation sites (tertiary alicyclic amines) is 1. The Morgan fingerprint density at radius 1 is 1.26 bits per heavy atom. The fourth-order valence-electron chi connectivity index (χ4n) is 4.53. The van der Waals surface area contributed by atoms with Crippen LogP contribution in [0.5, 0.6) is 0 Å². The number of nitrogens with zero attached hydrogens (tertiary/aromatic N) is 7. The van der Waals surface area contributed by atoms with Crippen molar-refractivity contribution in [1.29, 1.82) is 0 Å². The molecule has 1 fully saturated rings. The van der Waals surface area contributed by atoms with Gasteiger partial charge in [0.1, 0.15) is 0 Å². The number of rotatable bonds is 6. The van der Waals surface area contributed by atoms with E-state index in [1.165, 1.54) is 30.6 Å². The highest BCUT2D eigenvalue weighted by Gasteiger charge is 2.33. The molecule has 0 unspecified atom stereocenters. The highest BCUT2D eigenvalue weighted by atomic mass is 15.3. The fourth-order valence-corrected chi connectivity index (χ4v) is 4.53. The molecule has 0 aliphatic carbocycles. The molecule has 0 aromatic carbocycles. The zero-order valence-corrected chi connectivity index (χ0v) is 16.5. The van der Waals surface area contributed by atoms with Crippen LogP contribution in [0.4, 0.5) is 0 Å². The molecule has 4 rings (SSSR count). The van der Waals surface area contributed by atoms with E-state index in [0.717, 1.165) is 25.3 Å². The van der Waals surface area contributed by atoms with Gasteiger partial charge in [-0.1, -0.05) is 6.92 Å². The summed E-state index contributed by atoms with van der Waals surface area (Å²) in [6.07, 6.45) is 14.3. The molecule has 0 radical (unpaired) electrons. The van der Waals surface area contributed by atoms with Crippen molar-refractivity contribution in [1.82, 2.24) is 33.9 Å². The zero-order valence-electron chi connectivity index (χ0n) is 16.5. The predicted molar refractivity (Wildman–Crippen MR) is 105 cm³/mol. The number of aromatic nitrogens is 5. The maximum Gasteiger partial charge on any atom is 0.155 e. The Kier molecular flexibility index (Phi) is 5.22. The van der Waals surface area contributed by atoms with Crippen molar-refractivity contribution in [3.05, 3.63) is 48.4 Å². The minimum Gasteiger partial charge on any atom is -0.300 e. The first-order valence-electron chi connectivity index (χ1n) is 9.82. The Bertz CT molecular complexity index is 883. The lowest BCUT2D eigenvalue weighted by molar-refractivity contribution is 0.0746. The van der Waals surface area contributed by atoms with E-state index in [2.05, 4.69) is 49.4 Å². The highest BCUT2D eigenvalue weighted by Crippen LogP contribution is 2.36. The average molecular weight is 368 g/mol. The van der Waals surface area contributed by atoms with Gasteiger partial charge in [-0.05, 0) is 38.9 Å². The van der Waals surface area contributed by atoms with Crippen molar-refractivity contribution >= 4 is 5.65 Å². The summed E-state index contributed by atoms with van der Waals surface area (Å²) >= 11 is 0. The van der Waals surface area contributed by atoms with Crippen LogP contribution in [-0.4, -0.2) is 60.6 Å². The molecule has 27 heavy (non-hydrogen) atoms. The zero-order chi connectivity index (χ0) is 18.8.